The first kappa shape index (κ1) is 20.5. The van der Waals surface area contributed by atoms with Gasteiger partial charge in [-0.15, -0.1) is 0 Å². The van der Waals surface area contributed by atoms with E-state index in [9.17, 15) is 8.42 Å². The SMILES string of the molecule is Cc1ccc(S(=O)(=O)n2cc(-c3cc(N[C@H](C)C4CC4)nc(N)n3)c3ccccc32)cc1. The lowest BCUT2D eigenvalue weighted by atomic mass is 10.1. The Hall–Kier alpha value is -3.39. The topological polar surface area (TPSA) is 103 Å². The fourth-order valence-electron chi connectivity index (χ4n) is 4.00. The molecule has 0 bridgehead atoms. The number of nitrogen functional groups attached to an aromatic ring is 1. The number of fused-ring (bicyclic) bond motifs is 1. The molecule has 4 aromatic rings. The molecule has 7 nitrogen and oxygen atoms in total. The average Bonchev–Trinajstić information content (AvgIpc) is 3.54. The van der Waals surface area contributed by atoms with Gasteiger partial charge in [0.2, 0.25) is 5.95 Å². The minimum atomic E-state index is -3.79. The van der Waals surface area contributed by atoms with E-state index in [1.54, 1.807) is 36.5 Å². The van der Waals surface area contributed by atoms with Crippen molar-refractivity contribution < 1.29 is 8.42 Å². The van der Waals surface area contributed by atoms with E-state index < -0.39 is 10.0 Å². The van der Waals surface area contributed by atoms with Crippen LogP contribution in [0, 0.1) is 12.8 Å². The van der Waals surface area contributed by atoms with Crippen LogP contribution in [0.25, 0.3) is 22.2 Å². The Balaban J connectivity index is 1.63. The number of nitrogens with one attached hydrogen (secondary N) is 1. The van der Waals surface area contributed by atoms with Crippen molar-refractivity contribution in [2.45, 2.75) is 37.6 Å². The van der Waals surface area contributed by atoms with Crippen LogP contribution in [0.15, 0.2) is 65.7 Å². The van der Waals surface area contributed by atoms with Gasteiger partial charge in [0, 0.05) is 29.3 Å². The zero-order valence-electron chi connectivity index (χ0n) is 18.0. The molecule has 0 saturated heterocycles. The molecule has 0 spiro atoms. The molecule has 1 fully saturated rings. The van der Waals surface area contributed by atoms with E-state index in [1.807, 2.05) is 31.2 Å². The summed E-state index contributed by atoms with van der Waals surface area (Å²) in [6.45, 7) is 4.06. The van der Waals surface area contributed by atoms with E-state index in [0.29, 0.717) is 34.6 Å². The normalized spacial score (nSPS) is 15.1. The molecule has 0 amide bonds. The molecule has 3 N–H and O–H groups in total. The van der Waals surface area contributed by atoms with E-state index in [0.717, 1.165) is 10.9 Å². The number of aromatic nitrogens is 3. The first-order valence-corrected chi connectivity index (χ1v) is 12.1. The van der Waals surface area contributed by atoms with Gasteiger partial charge in [0.1, 0.15) is 5.82 Å². The highest BCUT2D eigenvalue weighted by molar-refractivity contribution is 7.90. The van der Waals surface area contributed by atoms with Crippen LogP contribution in [-0.4, -0.2) is 28.4 Å². The molecule has 2 heterocycles. The van der Waals surface area contributed by atoms with Crippen LogP contribution >= 0.6 is 0 Å². The average molecular weight is 448 g/mol. The maximum absolute atomic E-state index is 13.5. The van der Waals surface area contributed by atoms with Crippen LogP contribution in [0.1, 0.15) is 25.3 Å². The molecule has 0 unspecified atom stereocenters. The van der Waals surface area contributed by atoms with Crippen molar-refractivity contribution in [2.75, 3.05) is 11.1 Å². The van der Waals surface area contributed by atoms with Crippen LogP contribution in [0.4, 0.5) is 11.8 Å². The quantitative estimate of drug-likeness (QED) is 0.453. The summed E-state index contributed by atoms with van der Waals surface area (Å²) in [5.41, 5.74) is 8.87. The van der Waals surface area contributed by atoms with E-state index in [4.69, 9.17) is 5.73 Å². The highest BCUT2D eigenvalue weighted by Gasteiger charge is 2.28. The van der Waals surface area contributed by atoms with E-state index in [2.05, 4.69) is 22.2 Å². The molecule has 1 atom stereocenters. The van der Waals surface area contributed by atoms with Gasteiger partial charge in [-0.25, -0.2) is 17.4 Å². The van der Waals surface area contributed by atoms with Crippen LogP contribution < -0.4 is 11.1 Å². The molecule has 0 aliphatic heterocycles. The molecule has 5 rings (SSSR count). The van der Waals surface area contributed by atoms with Gasteiger partial charge in [-0.05, 0) is 50.8 Å². The minimum Gasteiger partial charge on any atom is -0.368 e. The predicted molar refractivity (Wildman–Crippen MR) is 127 cm³/mol. The van der Waals surface area contributed by atoms with E-state index >= 15 is 0 Å². The number of rotatable bonds is 6. The first-order chi connectivity index (χ1) is 15.3. The molecule has 164 valence electrons. The second-order valence-electron chi connectivity index (χ2n) is 8.44. The zero-order chi connectivity index (χ0) is 22.5. The lowest BCUT2D eigenvalue weighted by molar-refractivity contribution is 0.589. The van der Waals surface area contributed by atoms with Gasteiger partial charge >= 0.3 is 0 Å². The number of nitrogens with two attached hydrogens (primary N) is 1. The third kappa shape index (κ3) is 3.71. The summed E-state index contributed by atoms with van der Waals surface area (Å²) < 4.78 is 28.2. The third-order valence-electron chi connectivity index (χ3n) is 5.98. The van der Waals surface area contributed by atoms with Gasteiger partial charge in [-0.2, -0.15) is 4.98 Å². The maximum Gasteiger partial charge on any atom is 0.268 e. The number of benzene rings is 2. The highest BCUT2D eigenvalue weighted by Crippen LogP contribution is 2.36. The Kier molecular flexibility index (Phi) is 4.89. The van der Waals surface area contributed by atoms with E-state index in [-0.39, 0.29) is 10.8 Å². The van der Waals surface area contributed by atoms with Gasteiger partial charge < -0.3 is 11.1 Å². The molecule has 1 saturated carbocycles. The summed E-state index contributed by atoms with van der Waals surface area (Å²) in [5, 5.41) is 4.19. The lowest BCUT2D eigenvalue weighted by Gasteiger charge is -2.14. The smallest absolute Gasteiger partial charge is 0.268 e. The fourth-order valence-corrected chi connectivity index (χ4v) is 5.37. The van der Waals surface area contributed by atoms with Gasteiger partial charge in [-0.3, -0.25) is 0 Å². The van der Waals surface area contributed by atoms with Crippen LogP contribution in [0.2, 0.25) is 0 Å². The van der Waals surface area contributed by atoms with Crippen molar-refractivity contribution in [1.29, 1.82) is 0 Å². The molecule has 32 heavy (non-hydrogen) atoms. The summed E-state index contributed by atoms with van der Waals surface area (Å²) in [5.74, 6) is 1.44. The summed E-state index contributed by atoms with van der Waals surface area (Å²) in [6.07, 6.45) is 4.05. The second kappa shape index (κ2) is 7.63. The highest BCUT2D eigenvalue weighted by atomic mass is 32.2. The number of hydrogen-bond acceptors (Lipinski definition) is 6. The molecule has 1 aliphatic carbocycles. The summed E-state index contributed by atoms with van der Waals surface area (Å²) in [4.78, 5) is 8.99. The standard InChI is InChI=1S/C24H25N5O2S/c1-15-7-11-18(12-8-15)32(30,31)29-14-20(19-5-3-4-6-22(19)29)21-13-23(28-24(25)27-21)26-16(2)17-9-10-17/h3-8,11-14,16-17H,9-10H2,1-2H3,(H3,25,26,27,28)/t16-/m1/s1. The zero-order valence-corrected chi connectivity index (χ0v) is 18.8. The Morgan fingerprint density at radius 3 is 2.53 bits per heavy atom. The number of para-hydroxylation sites is 1. The molecule has 2 aromatic carbocycles. The molecule has 2 aromatic heterocycles. The fraction of sp³-hybridized carbons (Fsp3) is 0.250. The Morgan fingerprint density at radius 2 is 1.81 bits per heavy atom. The van der Waals surface area contributed by atoms with Crippen LogP contribution in [-0.2, 0) is 10.0 Å². The molecule has 0 radical (unpaired) electrons. The van der Waals surface area contributed by atoms with Crippen molar-refractivity contribution in [3.05, 3.63) is 66.4 Å². The largest absolute Gasteiger partial charge is 0.368 e. The van der Waals surface area contributed by atoms with Crippen LogP contribution in [0.3, 0.4) is 0 Å². The summed E-state index contributed by atoms with van der Waals surface area (Å²) in [6, 6.07) is 16.4. The molecular weight excluding hydrogens is 422 g/mol. The number of aryl methyl sites for hydroxylation is 1. The van der Waals surface area contributed by atoms with Crippen molar-refractivity contribution in [2.24, 2.45) is 5.92 Å². The molecule has 8 heteroatoms. The van der Waals surface area contributed by atoms with Gasteiger partial charge in [0.05, 0.1) is 16.1 Å². The maximum atomic E-state index is 13.5. The number of hydrogen-bond donors (Lipinski definition) is 2. The Labute approximate surface area is 187 Å². The number of anilines is 2. The van der Waals surface area contributed by atoms with Gasteiger partial charge in [0.25, 0.3) is 10.0 Å². The summed E-state index contributed by atoms with van der Waals surface area (Å²) in [7, 11) is -3.79. The monoisotopic (exact) mass is 447 g/mol. The van der Waals surface area contributed by atoms with Gasteiger partial charge in [-0.1, -0.05) is 35.9 Å². The Morgan fingerprint density at radius 1 is 1.09 bits per heavy atom. The van der Waals surface area contributed by atoms with Crippen molar-refractivity contribution in [3.63, 3.8) is 0 Å². The number of nitrogens with zero attached hydrogens (tertiary/aromatic N) is 3. The van der Waals surface area contributed by atoms with Crippen LogP contribution in [0.5, 0.6) is 0 Å². The van der Waals surface area contributed by atoms with Crippen molar-refractivity contribution in [3.8, 4) is 11.3 Å². The Bertz CT molecular complexity index is 1410. The second-order valence-corrected chi connectivity index (χ2v) is 10.3. The predicted octanol–water partition coefficient (Wildman–Crippen LogP) is 4.44. The van der Waals surface area contributed by atoms with E-state index in [1.165, 1.54) is 16.8 Å². The summed E-state index contributed by atoms with van der Waals surface area (Å²) >= 11 is 0. The minimum absolute atomic E-state index is 0.145. The third-order valence-corrected chi connectivity index (χ3v) is 7.67. The van der Waals surface area contributed by atoms with Crippen molar-refractivity contribution >= 4 is 32.7 Å². The lowest BCUT2D eigenvalue weighted by Crippen LogP contribution is -2.18. The van der Waals surface area contributed by atoms with Crippen molar-refractivity contribution in [1.82, 2.24) is 13.9 Å². The van der Waals surface area contributed by atoms with Gasteiger partial charge in [0.15, 0.2) is 0 Å². The molecular formula is C24H25N5O2S. The first-order valence-electron chi connectivity index (χ1n) is 10.7. The molecule has 1 aliphatic rings.